The molecular weight excluding hydrogens is 461 g/mol. The first-order chi connectivity index (χ1) is 17.4. The number of benzene rings is 1. The number of halogens is 1. The lowest BCUT2D eigenvalue weighted by atomic mass is 9.97. The highest BCUT2D eigenvalue weighted by atomic mass is 19.1. The minimum atomic E-state index is -0.426. The average molecular weight is 498 g/mol. The average Bonchev–Trinajstić information content (AvgIpc) is 3.39. The fourth-order valence-electron chi connectivity index (χ4n) is 5.27. The monoisotopic (exact) mass is 497 g/mol. The molecule has 3 saturated heterocycles. The Kier molecular flexibility index (Phi) is 7.03. The number of rotatable bonds is 5. The summed E-state index contributed by atoms with van der Waals surface area (Å²) < 4.78 is 21.5. The molecule has 1 aromatic carbocycles. The van der Waals surface area contributed by atoms with Crippen molar-refractivity contribution in [2.45, 2.75) is 45.8 Å². The van der Waals surface area contributed by atoms with E-state index in [2.05, 4.69) is 12.2 Å². The van der Waals surface area contributed by atoms with Gasteiger partial charge in [-0.2, -0.15) is 0 Å². The largest absolute Gasteiger partial charge is 0.389 e. The van der Waals surface area contributed by atoms with Gasteiger partial charge in [-0.25, -0.2) is 14.2 Å². The van der Waals surface area contributed by atoms with Crippen LogP contribution in [0.1, 0.15) is 32.3 Å². The molecule has 8 nitrogen and oxygen atoms in total. The zero-order chi connectivity index (χ0) is 25.4. The number of anilines is 3. The lowest BCUT2D eigenvalue weighted by molar-refractivity contribution is 0.0987. The number of hydrogen-bond acceptors (Lipinski definition) is 6. The third-order valence-electron chi connectivity index (χ3n) is 7.89. The van der Waals surface area contributed by atoms with Crippen molar-refractivity contribution in [2.75, 3.05) is 61.1 Å². The van der Waals surface area contributed by atoms with E-state index in [0.29, 0.717) is 67.2 Å². The molecule has 0 aliphatic carbocycles. The van der Waals surface area contributed by atoms with Crippen LogP contribution < -0.4 is 15.1 Å². The number of aliphatic hydroxyl groups excluding tert-OH is 1. The standard InChI is InChI=1S/C27H36FN5O3/c1-4-19-7-8-32(15-19)27(35)29-20-6-5-17(2)21(13-20)22-14-24(33-16-23(34)18(33)3)30-26(25(22)28)31-9-11-36-12-10-31/h5-6,13-14,18-19,23,34H,4,7-12,15-16H2,1-3H3,(H,29,35)/t18-,19+,23+/m0/s1. The Morgan fingerprint density at radius 2 is 1.97 bits per heavy atom. The summed E-state index contributed by atoms with van der Waals surface area (Å²) in [5, 5.41) is 13.1. The molecule has 2 N–H and O–H groups in total. The Balaban J connectivity index is 1.49. The van der Waals surface area contributed by atoms with E-state index in [1.54, 1.807) is 6.07 Å². The van der Waals surface area contributed by atoms with Gasteiger partial charge in [-0.05, 0) is 55.5 Å². The molecule has 3 fully saturated rings. The quantitative estimate of drug-likeness (QED) is 0.653. The number of nitrogens with zero attached hydrogens (tertiary/aromatic N) is 4. The number of nitrogens with one attached hydrogen (secondary N) is 1. The molecule has 194 valence electrons. The fraction of sp³-hybridized carbons (Fsp3) is 0.556. The number of carbonyl (C=O) groups excluding carboxylic acids is 1. The van der Waals surface area contributed by atoms with Crippen LogP contribution in [-0.2, 0) is 4.74 Å². The second-order valence-electron chi connectivity index (χ2n) is 10.2. The van der Waals surface area contributed by atoms with Crippen molar-refractivity contribution in [3.63, 3.8) is 0 Å². The van der Waals surface area contributed by atoms with Crippen molar-refractivity contribution in [3.8, 4) is 11.1 Å². The van der Waals surface area contributed by atoms with E-state index in [-0.39, 0.29) is 17.9 Å². The van der Waals surface area contributed by atoms with Crippen LogP contribution in [0, 0.1) is 18.7 Å². The maximum absolute atomic E-state index is 16.1. The number of aliphatic hydroxyl groups is 1. The summed E-state index contributed by atoms with van der Waals surface area (Å²) in [6.07, 6.45) is 1.67. The number of aryl methyl sites for hydroxylation is 1. The third kappa shape index (κ3) is 4.74. The molecule has 3 aliphatic rings. The highest BCUT2D eigenvalue weighted by molar-refractivity contribution is 5.91. The Hall–Kier alpha value is -2.91. The number of aromatic nitrogens is 1. The van der Waals surface area contributed by atoms with Crippen LogP contribution >= 0.6 is 0 Å². The number of likely N-dealkylation sites (tertiary alicyclic amines) is 1. The third-order valence-corrected chi connectivity index (χ3v) is 7.89. The second kappa shape index (κ2) is 10.2. The van der Waals surface area contributed by atoms with E-state index in [9.17, 15) is 9.90 Å². The number of amides is 2. The number of β-amino-alcohol motifs (C(OH)–C–C–N with tert-alkyl or cyclic N) is 1. The normalized spacial score (nSPS) is 24.1. The highest BCUT2D eigenvalue weighted by Gasteiger charge is 2.36. The zero-order valence-electron chi connectivity index (χ0n) is 21.3. The van der Waals surface area contributed by atoms with Gasteiger partial charge in [-0.3, -0.25) is 0 Å². The van der Waals surface area contributed by atoms with E-state index in [1.165, 1.54) is 0 Å². The Morgan fingerprint density at radius 3 is 2.64 bits per heavy atom. The van der Waals surface area contributed by atoms with Gasteiger partial charge >= 0.3 is 6.03 Å². The van der Waals surface area contributed by atoms with E-state index >= 15 is 4.39 Å². The summed E-state index contributed by atoms with van der Waals surface area (Å²) in [6.45, 7) is 10.2. The van der Waals surface area contributed by atoms with Gasteiger partial charge in [0.05, 0.1) is 25.4 Å². The van der Waals surface area contributed by atoms with E-state index in [1.807, 2.05) is 46.7 Å². The topological polar surface area (TPSA) is 81.2 Å². The molecule has 9 heteroatoms. The summed E-state index contributed by atoms with van der Waals surface area (Å²) in [6, 6.07) is 7.18. The first-order valence-corrected chi connectivity index (χ1v) is 13.0. The zero-order valence-corrected chi connectivity index (χ0v) is 21.3. The Bertz CT molecular complexity index is 1120. The van der Waals surface area contributed by atoms with Crippen molar-refractivity contribution in [3.05, 3.63) is 35.6 Å². The number of carbonyl (C=O) groups is 1. The first-order valence-electron chi connectivity index (χ1n) is 13.0. The van der Waals surface area contributed by atoms with Crippen LogP contribution in [0.25, 0.3) is 11.1 Å². The summed E-state index contributed by atoms with van der Waals surface area (Å²) in [5.41, 5.74) is 2.70. The van der Waals surface area contributed by atoms with Gasteiger partial charge in [0.15, 0.2) is 11.6 Å². The molecule has 1 aromatic heterocycles. The Labute approximate surface area is 212 Å². The van der Waals surface area contributed by atoms with Crippen LogP contribution in [0.4, 0.5) is 26.5 Å². The second-order valence-corrected chi connectivity index (χ2v) is 10.2. The number of ether oxygens (including phenoxy) is 1. The molecule has 3 atom stereocenters. The number of pyridine rings is 1. The van der Waals surface area contributed by atoms with Gasteiger partial charge in [0.1, 0.15) is 5.82 Å². The number of hydrogen-bond donors (Lipinski definition) is 2. The molecule has 36 heavy (non-hydrogen) atoms. The first kappa shape index (κ1) is 24.8. The van der Waals surface area contributed by atoms with Gasteiger partial charge in [0.25, 0.3) is 0 Å². The lowest BCUT2D eigenvalue weighted by Gasteiger charge is -2.44. The van der Waals surface area contributed by atoms with Crippen molar-refractivity contribution in [2.24, 2.45) is 5.92 Å². The molecule has 0 bridgehead atoms. The molecule has 2 amide bonds. The van der Waals surface area contributed by atoms with Crippen LogP contribution in [0.5, 0.6) is 0 Å². The molecule has 0 unspecified atom stereocenters. The molecule has 0 radical (unpaired) electrons. The lowest BCUT2D eigenvalue weighted by Crippen LogP contribution is -2.59. The van der Waals surface area contributed by atoms with Gasteiger partial charge in [0, 0.05) is 44.0 Å². The van der Waals surface area contributed by atoms with E-state index < -0.39 is 6.10 Å². The maximum Gasteiger partial charge on any atom is 0.321 e. The minimum absolute atomic E-state index is 0.0903. The van der Waals surface area contributed by atoms with Crippen molar-refractivity contribution < 1.29 is 19.0 Å². The van der Waals surface area contributed by atoms with Gasteiger partial charge < -0.3 is 29.9 Å². The van der Waals surface area contributed by atoms with Crippen molar-refractivity contribution in [1.29, 1.82) is 0 Å². The fourth-order valence-corrected chi connectivity index (χ4v) is 5.27. The summed E-state index contributed by atoms with van der Waals surface area (Å²) in [7, 11) is 0. The van der Waals surface area contributed by atoms with Crippen LogP contribution in [0.2, 0.25) is 0 Å². The number of morpholine rings is 1. The SMILES string of the molecule is CC[C@@H]1CCN(C(=O)Nc2ccc(C)c(-c3cc(N4C[C@@H](O)[C@@H]4C)nc(N4CCOCC4)c3F)c2)C1. The molecule has 3 aliphatic heterocycles. The molecule has 5 rings (SSSR count). The predicted octanol–water partition coefficient (Wildman–Crippen LogP) is 3.87. The number of urea groups is 1. The molecule has 0 saturated carbocycles. The predicted molar refractivity (Wildman–Crippen MR) is 139 cm³/mol. The summed E-state index contributed by atoms with van der Waals surface area (Å²) in [5.74, 6) is 1.11. The van der Waals surface area contributed by atoms with Crippen molar-refractivity contribution >= 4 is 23.4 Å². The summed E-state index contributed by atoms with van der Waals surface area (Å²) >= 11 is 0. The van der Waals surface area contributed by atoms with Crippen LogP contribution in [-0.4, -0.2) is 79.1 Å². The maximum atomic E-state index is 16.1. The molecule has 2 aromatic rings. The van der Waals surface area contributed by atoms with E-state index in [0.717, 1.165) is 31.5 Å². The summed E-state index contributed by atoms with van der Waals surface area (Å²) in [4.78, 5) is 23.3. The molecular formula is C27H36FN5O3. The van der Waals surface area contributed by atoms with Crippen LogP contribution in [0.15, 0.2) is 24.3 Å². The Morgan fingerprint density at radius 1 is 1.19 bits per heavy atom. The molecule has 4 heterocycles. The van der Waals surface area contributed by atoms with E-state index in [4.69, 9.17) is 9.72 Å². The van der Waals surface area contributed by atoms with Crippen molar-refractivity contribution in [1.82, 2.24) is 9.88 Å². The highest BCUT2D eigenvalue weighted by Crippen LogP contribution is 2.37. The van der Waals surface area contributed by atoms with Crippen LogP contribution in [0.3, 0.4) is 0 Å². The minimum Gasteiger partial charge on any atom is -0.389 e. The van der Waals surface area contributed by atoms with Gasteiger partial charge in [-0.15, -0.1) is 0 Å². The molecule has 0 spiro atoms. The van der Waals surface area contributed by atoms with Gasteiger partial charge in [-0.1, -0.05) is 19.4 Å². The smallest absolute Gasteiger partial charge is 0.321 e. The van der Waals surface area contributed by atoms with Gasteiger partial charge in [0.2, 0.25) is 0 Å².